The molecule has 2 N–H and O–H groups in total. The number of rotatable bonds is 5. The molecule has 1 aromatic rings. The first kappa shape index (κ1) is 11.8. The number of hydrogen-bond donors (Lipinski definition) is 2. The van der Waals surface area contributed by atoms with Crippen molar-refractivity contribution in [1.29, 1.82) is 0 Å². The van der Waals surface area contributed by atoms with Crippen molar-refractivity contribution in [2.24, 2.45) is 5.92 Å². The van der Waals surface area contributed by atoms with Gasteiger partial charge in [-0.05, 0) is 32.0 Å². The molecular formula is C11H17NO3. The van der Waals surface area contributed by atoms with E-state index >= 15 is 0 Å². The second-order valence-electron chi connectivity index (χ2n) is 3.79. The molecule has 0 aliphatic heterocycles. The van der Waals surface area contributed by atoms with Gasteiger partial charge in [-0.25, -0.2) is 0 Å². The highest BCUT2D eigenvalue weighted by atomic mass is 16.4. The molecule has 1 heterocycles. The highest BCUT2D eigenvalue weighted by Gasteiger charge is 2.22. The molecule has 2 unspecified atom stereocenters. The molecule has 1 aromatic heterocycles. The fourth-order valence-corrected chi connectivity index (χ4v) is 1.72. The van der Waals surface area contributed by atoms with Crippen molar-refractivity contribution in [2.75, 3.05) is 7.05 Å². The van der Waals surface area contributed by atoms with Crippen LogP contribution in [0.4, 0.5) is 0 Å². The molecule has 0 fully saturated rings. The van der Waals surface area contributed by atoms with E-state index in [2.05, 4.69) is 5.32 Å². The molecule has 0 aromatic carbocycles. The van der Waals surface area contributed by atoms with Crippen molar-refractivity contribution >= 4 is 5.97 Å². The van der Waals surface area contributed by atoms with Crippen LogP contribution in [0, 0.1) is 12.8 Å². The van der Waals surface area contributed by atoms with Crippen molar-refractivity contribution in [3.8, 4) is 0 Å². The van der Waals surface area contributed by atoms with Crippen molar-refractivity contribution < 1.29 is 14.3 Å². The van der Waals surface area contributed by atoms with Crippen molar-refractivity contribution in [3.63, 3.8) is 0 Å². The van der Waals surface area contributed by atoms with Gasteiger partial charge < -0.3 is 14.8 Å². The van der Waals surface area contributed by atoms with Gasteiger partial charge in [-0.15, -0.1) is 0 Å². The monoisotopic (exact) mass is 211 g/mol. The minimum absolute atomic E-state index is 0.00181. The summed E-state index contributed by atoms with van der Waals surface area (Å²) < 4.78 is 5.48. The lowest BCUT2D eigenvalue weighted by Gasteiger charge is -2.19. The molecule has 2 atom stereocenters. The van der Waals surface area contributed by atoms with Crippen molar-refractivity contribution in [2.45, 2.75) is 26.3 Å². The normalized spacial score (nSPS) is 14.9. The number of aliphatic carboxylic acids is 1. The van der Waals surface area contributed by atoms with E-state index in [-0.39, 0.29) is 18.4 Å². The van der Waals surface area contributed by atoms with Crippen molar-refractivity contribution in [3.05, 3.63) is 23.7 Å². The molecule has 0 aliphatic rings. The van der Waals surface area contributed by atoms with E-state index in [9.17, 15) is 4.79 Å². The summed E-state index contributed by atoms with van der Waals surface area (Å²) in [5.74, 6) is 0.848. The Morgan fingerprint density at radius 3 is 2.67 bits per heavy atom. The Morgan fingerprint density at radius 2 is 2.27 bits per heavy atom. The number of hydrogen-bond acceptors (Lipinski definition) is 3. The average Bonchev–Trinajstić information content (AvgIpc) is 2.51. The SMILES string of the molecule is CNC(c1ccc(C)o1)C(C)CC(=O)O. The van der Waals surface area contributed by atoms with Crippen LogP contribution in [0.3, 0.4) is 0 Å². The van der Waals surface area contributed by atoms with Gasteiger partial charge in [0.2, 0.25) is 0 Å². The lowest BCUT2D eigenvalue weighted by atomic mass is 9.96. The van der Waals surface area contributed by atoms with Crippen LogP contribution in [0.25, 0.3) is 0 Å². The van der Waals surface area contributed by atoms with E-state index < -0.39 is 5.97 Å². The van der Waals surface area contributed by atoms with E-state index in [1.807, 2.05) is 26.0 Å². The van der Waals surface area contributed by atoms with Gasteiger partial charge in [-0.2, -0.15) is 0 Å². The zero-order valence-electron chi connectivity index (χ0n) is 9.28. The third-order valence-electron chi connectivity index (χ3n) is 2.44. The first-order valence-corrected chi connectivity index (χ1v) is 5.00. The third-order valence-corrected chi connectivity index (χ3v) is 2.44. The van der Waals surface area contributed by atoms with Crippen molar-refractivity contribution in [1.82, 2.24) is 5.32 Å². The van der Waals surface area contributed by atoms with Gasteiger partial charge in [0.1, 0.15) is 11.5 Å². The number of furan rings is 1. The van der Waals surface area contributed by atoms with Crippen LogP contribution in [0.15, 0.2) is 16.5 Å². The van der Waals surface area contributed by atoms with E-state index in [4.69, 9.17) is 9.52 Å². The summed E-state index contributed by atoms with van der Waals surface area (Å²) in [4.78, 5) is 10.6. The van der Waals surface area contributed by atoms with E-state index in [0.29, 0.717) is 0 Å². The molecule has 4 nitrogen and oxygen atoms in total. The maximum absolute atomic E-state index is 10.6. The van der Waals surface area contributed by atoms with Gasteiger partial charge in [0.15, 0.2) is 0 Å². The first-order valence-electron chi connectivity index (χ1n) is 5.00. The summed E-state index contributed by atoms with van der Waals surface area (Å²) in [5, 5.41) is 11.8. The summed E-state index contributed by atoms with van der Waals surface area (Å²) in [6.07, 6.45) is 0.130. The molecule has 0 amide bonds. The molecule has 0 saturated carbocycles. The Kier molecular flexibility index (Phi) is 3.91. The Morgan fingerprint density at radius 1 is 1.60 bits per heavy atom. The van der Waals surface area contributed by atoms with Crippen LogP contribution in [0.2, 0.25) is 0 Å². The molecule has 84 valence electrons. The largest absolute Gasteiger partial charge is 0.481 e. The molecule has 15 heavy (non-hydrogen) atoms. The lowest BCUT2D eigenvalue weighted by Crippen LogP contribution is -2.24. The number of nitrogens with one attached hydrogen (secondary N) is 1. The fourth-order valence-electron chi connectivity index (χ4n) is 1.72. The first-order chi connectivity index (χ1) is 7.04. The van der Waals surface area contributed by atoms with E-state index in [1.54, 1.807) is 7.05 Å². The molecule has 0 spiro atoms. The molecular weight excluding hydrogens is 194 g/mol. The van der Waals surface area contributed by atoms with Crippen LogP contribution < -0.4 is 5.32 Å². The van der Waals surface area contributed by atoms with Crippen LogP contribution >= 0.6 is 0 Å². The predicted octanol–water partition coefficient (Wildman–Crippen LogP) is 1.96. The summed E-state index contributed by atoms with van der Waals surface area (Å²) >= 11 is 0. The fraction of sp³-hybridized carbons (Fsp3) is 0.545. The molecule has 1 rings (SSSR count). The Balaban J connectivity index is 2.74. The van der Waals surface area contributed by atoms with Crippen LogP contribution in [-0.4, -0.2) is 18.1 Å². The highest BCUT2D eigenvalue weighted by molar-refractivity contribution is 5.67. The standard InChI is InChI=1S/C11H17NO3/c1-7(6-10(13)14)11(12-3)9-5-4-8(2)15-9/h4-5,7,11-12H,6H2,1-3H3,(H,13,14). The molecule has 0 radical (unpaired) electrons. The zero-order valence-corrected chi connectivity index (χ0v) is 9.28. The smallest absolute Gasteiger partial charge is 0.303 e. The quantitative estimate of drug-likeness (QED) is 0.781. The molecule has 4 heteroatoms. The van der Waals surface area contributed by atoms with Crippen LogP contribution in [-0.2, 0) is 4.79 Å². The Hall–Kier alpha value is -1.29. The van der Waals surface area contributed by atoms with Gasteiger partial charge in [0.25, 0.3) is 0 Å². The Bertz CT molecular complexity index is 332. The topological polar surface area (TPSA) is 62.5 Å². The third kappa shape index (κ3) is 3.09. The number of aryl methyl sites for hydroxylation is 1. The highest BCUT2D eigenvalue weighted by Crippen LogP contribution is 2.25. The molecule has 0 saturated heterocycles. The van der Waals surface area contributed by atoms with Gasteiger partial charge in [0, 0.05) is 6.42 Å². The summed E-state index contributed by atoms with van der Waals surface area (Å²) in [5.41, 5.74) is 0. The van der Waals surface area contributed by atoms with E-state index in [0.717, 1.165) is 11.5 Å². The van der Waals surface area contributed by atoms with Gasteiger partial charge >= 0.3 is 5.97 Å². The van der Waals surface area contributed by atoms with E-state index in [1.165, 1.54) is 0 Å². The predicted molar refractivity (Wildman–Crippen MR) is 56.7 cm³/mol. The van der Waals surface area contributed by atoms with Gasteiger partial charge in [-0.1, -0.05) is 6.92 Å². The molecule has 0 bridgehead atoms. The average molecular weight is 211 g/mol. The number of carbonyl (C=O) groups is 1. The minimum atomic E-state index is -0.786. The van der Waals surface area contributed by atoms with Gasteiger partial charge in [0.05, 0.1) is 6.04 Å². The summed E-state index contributed by atoms with van der Waals surface area (Å²) in [7, 11) is 1.81. The zero-order chi connectivity index (χ0) is 11.4. The van der Waals surface area contributed by atoms with Gasteiger partial charge in [-0.3, -0.25) is 4.79 Å². The summed E-state index contributed by atoms with van der Waals surface area (Å²) in [6.45, 7) is 3.77. The second kappa shape index (κ2) is 4.98. The molecule has 0 aliphatic carbocycles. The number of carboxylic acid groups (broad SMARTS) is 1. The summed E-state index contributed by atoms with van der Waals surface area (Å²) in [6, 6.07) is 3.72. The minimum Gasteiger partial charge on any atom is -0.481 e. The van der Waals surface area contributed by atoms with Crippen LogP contribution in [0.5, 0.6) is 0 Å². The number of carboxylic acids is 1. The Labute approximate surface area is 89.3 Å². The maximum Gasteiger partial charge on any atom is 0.303 e. The maximum atomic E-state index is 10.6. The second-order valence-corrected chi connectivity index (χ2v) is 3.79. The van der Waals surface area contributed by atoms with Crippen LogP contribution in [0.1, 0.15) is 30.9 Å². The lowest BCUT2D eigenvalue weighted by molar-refractivity contribution is -0.138.